The Hall–Kier alpha value is -3.33. The molecule has 0 aliphatic heterocycles. The van der Waals surface area contributed by atoms with Gasteiger partial charge in [-0.05, 0) is 51.6 Å². The van der Waals surface area contributed by atoms with Gasteiger partial charge < -0.3 is 25.6 Å². The number of amides is 1. The highest BCUT2D eigenvalue weighted by Crippen LogP contribution is 2.59. The largest absolute Gasteiger partial charge is 0.511 e. The van der Waals surface area contributed by atoms with Crippen LogP contribution in [0.5, 0.6) is 5.75 Å². The number of allylic oxidation sites excluding steroid dienone is 2. The number of primary amides is 1. The molecule has 1 amide bonds. The van der Waals surface area contributed by atoms with Crippen LogP contribution >= 0.6 is 0 Å². The van der Waals surface area contributed by atoms with Crippen molar-refractivity contribution in [3.05, 3.63) is 45.9 Å². The number of carbonyl (C=O) groups is 3. The molecule has 0 saturated heterocycles. The fourth-order valence-electron chi connectivity index (χ4n) is 6.37. The van der Waals surface area contributed by atoms with E-state index in [-0.39, 0.29) is 11.3 Å². The van der Waals surface area contributed by atoms with Crippen LogP contribution in [0.15, 0.2) is 34.8 Å². The number of nitrogens with two attached hydrogens (primary N) is 1. The molecule has 4 rings (SSSR count). The van der Waals surface area contributed by atoms with Gasteiger partial charge in [-0.3, -0.25) is 19.3 Å². The van der Waals surface area contributed by atoms with E-state index in [1.54, 1.807) is 32.0 Å². The lowest BCUT2D eigenvalue weighted by molar-refractivity contribution is -0.130. The van der Waals surface area contributed by atoms with Crippen LogP contribution in [0.2, 0.25) is 0 Å². The Morgan fingerprint density at radius 3 is 2.29 bits per heavy atom. The van der Waals surface area contributed by atoms with Crippen molar-refractivity contribution in [2.75, 3.05) is 40.2 Å². The summed E-state index contributed by atoms with van der Waals surface area (Å²) in [6, 6.07) is 3.62. The highest BCUT2D eigenvalue weighted by atomic mass is 16.5. The minimum absolute atomic E-state index is 0.153. The zero-order chi connectivity index (χ0) is 26.2. The molecule has 0 bridgehead atoms. The van der Waals surface area contributed by atoms with Gasteiger partial charge >= 0.3 is 0 Å². The van der Waals surface area contributed by atoms with Crippen LogP contribution in [0.3, 0.4) is 0 Å². The molecule has 1 aromatic carbocycles. The van der Waals surface area contributed by atoms with Crippen molar-refractivity contribution in [3.63, 3.8) is 0 Å². The first-order valence-corrected chi connectivity index (χ1v) is 11.5. The molecule has 0 aromatic heterocycles. The van der Waals surface area contributed by atoms with E-state index in [9.17, 15) is 24.6 Å². The number of ketones is 2. The van der Waals surface area contributed by atoms with Gasteiger partial charge in [-0.1, -0.05) is 6.92 Å². The van der Waals surface area contributed by atoms with Gasteiger partial charge in [0.15, 0.2) is 11.6 Å². The number of Topliss-reactive ketones (excluding diaryl/α,β-unsaturated/α-hetero) is 2. The second kappa shape index (κ2) is 7.84. The third kappa shape index (κ3) is 3.14. The molecule has 3 aliphatic carbocycles. The Kier molecular flexibility index (Phi) is 5.55. The first kappa shape index (κ1) is 24.8. The molecule has 35 heavy (non-hydrogen) atoms. The van der Waals surface area contributed by atoms with Gasteiger partial charge in [0.05, 0.1) is 24.1 Å². The van der Waals surface area contributed by atoms with Gasteiger partial charge in [-0.15, -0.1) is 0 Å². The number of ether oxygens (including phenoxy) is 1. The number of benzene rings is 1. The number of fused-ring (bicyclic) bond motifs is 3. The van der Waals surface area contributed by atoms with Crippen molar-refractivity contribution in [1.82, 2.24) is 4.90 Å². The second-order valence-electron chi connectivity index (χ2n) is 10.6. The van der Waals surface area contributed by atoms with E-state index in [0.717, 1.165) is 11.3 Å². The van der Waals surface area contributed by atoms with Gasteiger partial charge in [-0.25, -0.2) is 0 Å². The summed E-state index contributed by atoms with van der Waals surface area (Å²) in [6.45, 7) is 3.63. The fraction of sp³-hybridized carbons (Fsp3) is 0.500. The Morgan fingerprint density at radius 2 is 1.77 bits per heavy atom. The fourth-order valence-corrected chi connectivity index (χ4v) is 6.37. The third-order valence-electron chi connectivity index (χ3n) is 8.34. The van der Waals surface area contributed by atoms with Crippen molar-refractivity contribution in [3.8, 4) is 5.75 Å². The van der Waals surface area contributed by atoms with Gasteiger partial charge in [-0.2, -0.15) is 0 Å². The van der Waals surface area contributed by atoms with E-state index in [4.69, 9.17) is 10.5 Å². The Bertz CT molecular complexity index is 1230. The monoisotopic (exact) mass is 483 g/mol. The SMILES string of the molecule is COc1ccc(N(C)C)c2c1C(=O)C1=C(O)C3C(=O)C(C(N)=O)=C(O)C(C)(N(C)C)C3C[C@]1(C)C2. The number of rotatable bonds is 4. The molecule has 3 unspecified atom stereocenters. The zero-order valence-electron chi connectivity index (χ0n) is 21.2. The summed E-state index contributed by atoms with van der Waals surface area (Å²) in [5, 5.41) is 22.7. The molecular formula is C26H33N3O6. The number of likely N-dealkylation sites (N-methyl/N-ethyl adjacent to an activating group) is 1. The van der Waals surface area contributed by atoms with Crippen LogP contribution in [0.25, 0.3) is 0 Å². The van der Waals surface area contributed by atoms with Crippen LogP contribution < -0.4 is 15.4 Å². The number of aliphatic hydroxyl groups is 2. The zero-order valence-corrected chi connectivity index (χ0v) is 21.2. The van der Waals surface area contributed by atoms with E-state index in [1.165, 1.54) is 7.11 Å². The van der Waals surface area contributed by atoms with Crippen LogP contribution in [0, 0.1) is 17.3 Å². The number of hydrogen-bond donors (Lipinski definition) is 3. The normalized spacial score (nSPS) is 30.2. The topological polar surface area (TPSA) is 133 Å². The van der Waals surface area contributed by atoms with Gasteiger partial charge in [0, 0.05) is 36.7 Å². The second-order valence-corrected chi connectivity index (χ2v) is 10.6. The molecule has 0 saturated carbocycles. The van der Waals surface area contributed by atoms with Crippen LogP contribution in [0.4, 0.5) is 5.69 Å². The number of carbonyl (C=O) groups excluding carboxylic acids is 3. The number of hydrogen-bond acceptors (Lipinski definition) is 8. The lowest BCUT2D eigenvalue weighted by atomic mass is 9.52. The maximum absolute atomic E-state index is 14.0. The van der Waals surface area contributed by atoms with Gasteiger partial charge in [0.2, 0.25) is 0 Å². The van der Waals surface area contributed by atoms with Crippen molar-refractivity contribution in [2.45, 2.75) is 32.2 Å². The molecule has 188 valence electrons. The van der Waals surface area contributed by atoms with Crippen LogP contribution in [-0.2, 0) is 16.0 Å². The van der Waals surface area contributed by atoms with Crippen molar-refractivity contribution in [2.24, 2.45) is 23.0 Å². The minimum Gasteiger partial charge on any atom is -0.511 e. The number of nitrogens with zero attached hydrogens (tertiary/aromatic N) is 2. The van der Waals surface area contributed by atoms with Crippen LogP contribution in [-0.4, -0.2) is 73.4 Å². The first-order chi connectivity index (χ1) is 16.2. The maximum atomic E-state index is 14.0. The minimum atomic E-state index is -1.18. The Labute approximate surface area is 204 Å². The molecule has 0 radical (unpaired) electrons. The highest BCUT2D eigenvalue weighted by Gasteiger charge is 2.62. The smallest absolute Gasteiger partial charge is 0.255 e. The number of methoxy groups -OCH3 is 1. The predicted molar refractivity (Wildman–Crippen MR) is 131 cm³/mol. The molecule has 4 atom stereocenters. The lowest BCUT2D eigenvalue weighted by Crippen LogP contribution is -2.61. The van der Waals surface area contributed by atoms with Gasteiger partial charge in [0.25, 0.3) is 5.91 Å². The summed E-state index contributed by atoms with van der Waals surface area (Å²) in [5.74, 6) is -4.39. The highest BCUT2D eigenvalue weighted by molar-refractivity contribution is 6.22. The molecular weight excluding hydrogens is 450 g/mol. The summed E-state index contributed by atoms with van der Waals surface area (Å²) < 4.78 is 5.50. The van der Waals surface area contributed by atoms with Crippen molar-refractivity contribution >= 4 is 23.2 Å². The average molecular weight is 484 g/mol. The van der Waals surface area contributed by atoms with Crippen LogP contribution in [0.1, 0.15) is 36.2 Å². The molecule has 0 spiro atoms. The summed E-state index contributed by atoms with van der Waals surface area (Å²) in [4.78, 5) is 43.3. The summed E-state index contributed by atoms with van der Waals surface area (Å²) in [7, 11) is 8.74. The predicted octanol–water partition coefficient (Wildman–Crippen LogP) is 2.15. The summed E-state index contributed by atoms with van der Waals surface area (Å²) in [5.41, 5.74) is 5.15. The Balaban J connectivity index is 2.02. The van der Waals surface area contributed by atoms with E-state index < -0.39 is 51.6 Å². The summed E-state index contributed by atoms with van der Waals surface area (Å²) in [6.07, 6.45) is 0.745. The first-order valence-electron chi connectivity index (χ1n) is 11.5. The molecule has 3 aliphatic rings. The Morgan fingerprint density at radius 1 is 1.14 bits per heavy atom. The summed E-state index contributed by atoms with van der Waals surface area (Å²) >= 11 is 0. The molecule has 0 heterocycles. The number of aliphatic hydroxyl groups excluding tert-OH is 2. The third-order valence-corrected chi connectivity index (χ3v) is 8.34. The molecule has 0 fully saturated rings. The quantitative estimate of drug-likeness (QED) is 0.555. The van der Waals surface area contributed by atoms with Crippen molar-refractivity contribution < 1.29 is 29.3 Å². The average Bonchev–Trinajstić information content (AvgIpc) is 2.75. The molecule has 9 nitrogen and oxygen atoms in total. The molecule has 1 aromatic rings. The van der Waals surface area contributed by atoms with E-state index >= 15 is 0 Å². The van der Waals surface area contributed by atoms with Gasteiger partial charge in [0.1, 0.15) is 22.8 Å². The van der Waals surface area contributed by atoms with Crippen molar-refractivity contribution in [1.29, 1.82) is 0 Å². The van der Waals surface area contributed by atoms with E-state index in [1.807, 2.05) is 32.0 Å². The lowest BCUT2D eigenvalue weighted by Gasteiger charge is -2.54. The standard InChI is InChI=1S/C26H33N3O6/c1-25-10-12-14(28(3)4)8-9-15(35-7)16(12)21(31)19(25)22(32)17-13(11-25)26(2,29(5)6)23(33)18(20(17)30)24(27)34/h8-9,13,17,32-33H,10-11H2,1-7H3,(H2,27,34)/t13?,17?,25-,26?/m0/s1. The number of anilines is 1. The maximum Gasteiger partial charge on any atom is 0.255 e. The van der Waals surface area contributed by atoms with E-state index in [2.05, 4.69) is 0 Å². The van der Waals surface area contributed by atoms with E-state index in [0.29, 0.717) is 24.2 Å². The molecule has 9 heteroatoms. The molecule has 4 N–H and O–H groups in total.